The summed E-state index contributed by atoms with van der Waals surface area (Å²) < 4.78 is 28.0. The number of nitrogens with zero attached hydrogens (tertiary/aromatic N) is 2. The van der Waals surface area contributed by atoms with E-state index in [2.05, 4.69) is 17.3 Å². The highest BCUT2D eigenvalue weighted by molar-refractivity contribution is 7.17. The fraction of sp³-hybridized carbons (Fsp3) is 0.467. The van der Waals surface area contributed by atoms with Crippen molar-refractivity contribution in [3.63, 3.8) is 0 Å². The van der Waals surface area contributed by atoms with Crippen LogP contribution >= 0.6 is 11.3 Å². The predicted molar refractivity (Wildman–Crippen MR) is 83.3 cm³/mol. The smallest absolute Gasteiger partial charge is 0.286 e. The van der Waals surface area contributed by atoms with Crippen molar-refractivity contribution in [3.05, 3.63) is 28.8 Å². The van der Waals surface area contributed by atoms with Crippen molar-refractivity contribution in [1.29, 1.82) is 0 Å². The van der Waals surface area contributed by atoms with E-state index >= 15 is 0 Å². The van der Waals surface area contributed by atoms with E-state index in [0.29, 0.717) is 22.0 Å². The molecule has 2 aromatic rings. The first kappa shape index (κ1) is 16.6. The second-order valence-electron chi connectivity index (χ2n) is 5.20. The van der Waals surface area contributed by atoms with E-state index in [4.69, 9.17) is 0 Å². The molecule has 1 amide bonds. The molecule has 0 aliphatic carbocycles. The number of carbonyl (C=O) groups excluding carboxylic acids is 1. The summed E-state index contributed by atoms with van der Waals surface area (Å²) in [4.78, 5) is 13.2. The Kier molecular flexibility index (Phi) is 4.95. The molecule has 2 rings (SSSR count). The molecule has 0 atom stereocenters. The van der Waals surface area contributed by atoms with Crippen molar-refractivity contribution >= 4 is 17.2 Å². The fourth-order valence-electron chi connectivity index (χ4n) is 2.06. The third kappa shape index (κ3) is 3.71. The number of nitrogens with one attached hydrogen (secondary N) is 1. The Labute approximate surface area is 132 Å². The molecule has 2 aromatic heterocycles. The summed E-state index contributed by atoms with van der Waals surface area (Å²) >= 11 is 1.25. The van der Waals surface area contributed by atoms with Crippen LogP contribution < -0.4 is 5.32 Å². The molecule has 2 heterocycles. The van der Waals surface area contributed by atoms with Gasteiger partial charge in [-0.2, -0.15) is 13.9 Å². The summed E-state index contributed by atoms with van der Waals surface area (Å²) in [5, 5.41) is 6.94. The number of aromatic nitrogens is 2. The number of carbonyl (C=O) groups is 1. The molecule has 0 aromatic carbocycles. The molecule has 4 nitrogen and oxygen atoms in total. The van der Waals surface area contributed by atoms with Gasteiger partial charge in [0, 0.05) is 20.5 Å². The van der Waals surface area contributed by atoms with Crippen LogP contribution in [0.2, 0.25) is 0 Å². The third-order valence-electron chi connectivity index (χ3n) is 3.23. The molecular formula is C15H19F2N3OS. The zero-order valence-electron chi connectivity index (χ0n) is 12.8. The first-order valence-electron chi connectivity index (χ1n) is 7.13. The number of halogens is 2. The Morgan fingerprint density at radius 2 is 2.18 bits per heavy atom. The predicted octanol–water partition coefficient (Wildman–Crippen LogP) is 3.79. The standard InChI is InChI=1S/C15H19F2N3OS/c1-4-5-8-18-14(21)12-7-6-11(22-12)10-9-13(15(2,16)17)20(3)19-10/h6-7,9H,4-5,8H2,1-3H3,(H,18,21). The second-order valence-corrected chi connectivity index (χ2v) is 6.28. The van der Waals surface area contributed by atoms with Gasteiger partial charge in [0.05, 0.1) is 9.75 Å². The zero-order valence-corrected chi connectivity index (χ0v) is 13.6. The average molecular weight is 327 g/mol. The van der Waals surface area contributed by atoms with Crippen molar-refractivity contribution in [1.82, 2.24) is 15.1 Å². The van der Waals surface area contributed by atoms with Crippen molar-refractivity contribution in [2.75, 3.05) is 6.54 Å². The Hall–Kier alpha value is -1.76. The molecule has 120 valence electrons. The van der Waals surface area contributed by atoms with Gasteiger partial charge in [0.2, 0.25) is 0 Å². The van der Waals surface area contributed by atoms with Crippen LogP contribution in [-0.2, 0) is 13.0 Å². The summed E-state index contributed by atoms with van der Waals surface area (Å²) in [7, 11) is 1.49. The third-order valence-corrected chi connectivity index (χ3v) is 4.33. The lowest BCUT2D eigenvalue weighted by Gasteiger charge is -2.08. The molecule has 0 radical (unpaired) electrons. The van der Waals surface area contributed by atoms with Crippen LogP contribution in [0.25, 0.3) is 10.6 Å². The van der Waals surface area contributed by atoms with E-state index in [1.54, 1.807) is 12.1 Å². The molecule has 0 unspecified atom stereocenters. The van der Waals surface area contributed by atoms with Gasteiger partial charge >= 0.3 is 0 Å². The van der Waals surface area contributed by atoms with Gasteiger partial charge in [-0.05, 0) is 24.6 Å². The molecule has 0 fully saturated rings. The van der Waals surface area contributed by atoms with Gasteiger partial charge in [-0.1, -0.05) is 13.3 Å². The minimum Gasteiger partial charge on any atom is -0.351 e. The van der Waals surface area contributed by atoms with Gasteiger partial charge in [0.25, 0.3) is 11.8 Å². The van der Waals surface area contributed by atoms with E-state index in [1.807, 2.05) is 0 Å². The highest BCUT2D eigenvalue weighted by atomic mass is 32.1. The maximum atomic E-state index is 13.4. The lowest BCUT2D eigenvalue weighted by atomic mass is 10.2. The quantitative estimate of drug-likeness (QED) is 0.821. The summed E-state index contributed by atoms with van der Waals surface area (Å²) in [6, 6.07) is 4.80. The molecule has 0 spiro atoms. The van der Waals surface area contributed by atoms with Crippen LogP contribution in [0.15, 0.2) is 18.2 Å². The van der Waals surface area contributed by atoms with Gasteiger partial charge < -0.3 is 5.32 Å². The number of amides is 1. The largest absolute Gasteiger partial charge is 0.351 e. The summed E-state index contributed by atoms with van der Waals surface area (Å²) in [5.74, 6) is -3.08. The van der Waals surface area contributed by atoms with Gasteiger partial charge in [0.1, 0.15) is 11.4 Å². The number of thiophene rings is 1. The van der Waals surface area contributed by atoms with Gasteiger partial charge in [-0.15, -0.1) is 11.3 Å². The van der Waals surface area contributed by atoms with Gasteiger partial charge in [-0.25, -0.2) is 0 Å². The minimum atomic E-state index is -2.95. The Morgan fingerprint density at radius 1 is 1.45 bits per heavy atom. The van der Waals surface area contributed by atoms with Crippen LogP contribution in [0, 0.1) is 0 Å². The molecule has 0 saturated heterocycles. The van der Waals surface area contributed by atoms with Crippen molar-refractivity contribution in [3.8, 4) is 10.6 Å². The van der Waals surface area contributed by atoms with Crippen LogP contribution in [0.5, 0.6) is 0 Å². The highest BCUT2D eigenvalue weighted by Gasteiger charge is 2.29. The first-order valence-corrected chi connectivity index (χ1v) is 7.95. The average Bonchev–Trinajstić information content (AvgIpc) is 3.04. The highest BCUT2D eigenvalue weighted by Crippen LogP contribution is 2.32. The lowest BCUT2D eigenvalue weighted by Crippen LogP contribution is -2.23. The molecule has 7 heteroatoms. The molecule has 1 N–H and O–H groups in total. The van der Waals surface area contributed by atoms with E-state index in [9.17, 15) is 13.6 Å². The first-order chi connectivity index (χ1) is 10.3. The number of unbranched alkanes of at least 4 members (excludes halogenated alkanes) is 1. The molecular weight excluding hydrogens is 308 g/mol. The molecule has 0 aliphatic rings. The van der Waals surface area contributed by atoms with E-state index < -0.39 is 5.92 Å². The number of rotatable bonds is 6. The van der Waals surface area contributed by atoms with Gasteiger partial charge in [0.15, 0.2) is 0 Å². The number of alkyl halides is 2. The number of hydrogen-bond acceptors (Lipinski definition) is 3. The Bertz CT molecular complexity index is 658. The van der Waals surface area contributed by atoms with Crippen LogP contribution in [0.4, 0.5) is 8.78 Å². The van der Waals surface area contributed by atoms with E-state index in [-0.39, 0.29) is 11.6 Å². The fourth-order valence-corrected chi connectivity index (χ4v) is 2.94. The van der Waals surface area contributed by atoms with Crippen molar-refractivity contribution in [2.24, 2.45) is 7.05 Å². The summed E-state index contributed by atoms with van der Waals surface area (Å²) in [5.41, 5.74) is 0.307. The van der Waals surface area contributed by atoms with E-state index in [0.717, 1.165) is 19.8 Å². The maximum Gasteiger partial charge on any atom is 0.286 e. The maximum absolute atomic E-state index is 13.4. The van der Waals surface area contributed by atoms with Crippen molar-refractivity contribution in [2.45, 2.75) is 32.6 Å². The summed E-state index contributed by atoms with van der Waals surface area (Å²) in [6.45, 7) is 3.53. The summed E-state index contributed by atoms with van der Waals surface area (Å²) in [6.07, 6.45) is 1.94. The van der Waals surface area contributed by atoms with Crippen molar-refractivity contribution < 1.29 is 13.6 Å². The molecule has 22 heavy (non-hydrogen) atoms. The Morgan fingerprint density at radius 3 is 2.77 bits per heavy atom. The topological polar surface area (TPSA) is 46.9 Å². The SMILES string of the molecule is CCCCNC(=O)c1ccc(-c2cc(C(C)(F)F)n(C)n2)s1. The molecule has 0 saturated carbocycles. The molecule has 0 bridgehead atoms. The number of hydrogen-bond donors (Lipinski definition) is 1. The normalized spacial score (nSPS) is 11.7. The number of aryl methyl sites for hydroxylation is 1. The minimum absolute atomic E-state index is 0.137. The van der Waals surface area contributed by atoms with Gasteiger partial charge in [-0.3, -0.25) is 9.48 Å². The monoisotopic (exact) mass is 327 g/mol. The van der Waals surface area contributed by atoms with E-state index in [1.165, 1.54) is 29.1 Å². The van der Waals surface area contributed by atoms with Crippen LogP contribution in [0.1, 0.15) is 42.1 Å². The second kappa shape index (κ2) is 6.56. The lowest BCUT2D eigenvalue weighted by molar-refractivity contribution is 0.00882. The van der Waals surface area contributed by atoms with Crippen LogP contribution in [0.3, 0.4) is 0 Å². The van der Waals surface area contributed by atoms with Crippen LogP contribution in [-0.4, -0.2) is 22.2 Å². The zero-order chi connectivity index (χ0) is 16.3. The Balaban J connectivity index is 2.16. The molecule has 0 aliphatic heterocycles.